The van der Waals surface area contributed by atoms with Crippen molar-refractivity contribution in [1.82, 2.24) is 4.90 Å². The Morgan fingerprint density at radius 2 is 1.89 bits per heavy atom. The van der Waals surface area contributed by atoms with Gasteiger partial charge in [-0.2, -0.15) is 0 Å². The van der Waals surface area contributed by atoms with Gasteiger partial charge >= 0.3 is 0 Å². The molecule has 1 fully saturated rings. The third-order valence-electron chi connectivity index (χ3n) is 4.22. The van der Waals surface area contributed by atoms with E-state index in [4.69, 9.17) is 0 Å². The van der Waals surface area contributed by atoms with Crippen molar-refractivity contribution < 1.29 is 4.79 Å². The summed E-state index contributed by atoms with van der Waals surface area (Å²) in [6.07, 6.45) is 0.687. The predicted octanol–water partition coefficient (Wildman–Crippen LogP) is 3.81. The zero-order valence-electron chi connectivity index (χ0n) is 11.2. The quantitative estimate of drug-likeness (QED) is 0.828. The lowest BCUT2D eigenvalue weighted by molar-refractivity contribution is -0.128. The van der Waals surface area contributed by atoms with Crippen molar-refractivity contribution in [3.63, 3.8) is 0 Å². The molecule has 1 aromatic rings. The molecule has 3 atom stereocenters. The predicted molar refractivity (Wildman–Crippen MR) is 77.5 cm³/mol. The van der Waals surface area contributed by atoms with Crippen molar-refractivity contribution in [2.24, 2.45) is 5.92 Å². The minimum absolute atomic E-state index is 0.150. The van der Waals surface area contributed by atoms with Crippen LogP contribution in [0.2, 0.25) is 0 Å². The summed E-state index contributed by atoms with van der Waals surface area (Å²) in [6.45, 7) is 7.31. The molecule has 1 aromatic carbocycles. The van der Waals surface area contributed by atoms with E-state index in [-0.39, 0.29) is 5.92 Å². The number of hydrogen-bond donors (Lipinski definition) is 0. The highest BCUT2D eigenvalue weighted by molar-refractivity contribution is 9.10. The highest BCUT2D eigenvalue weighted by Crippen LogP contribution is 2.30. The minimum atomic E-state index is 0.150. The second-order valence-electron chi connectivity index (χ2n) is 5.21. The average molecular weight is 310 g/mol. The van der Waals surface area contributed by atoms with Crippen LogP contribution in [0.15, 0.2) is 28.7 Å². The molecule has 3 unspecified atom stereocenters. The third-order valence-corrected chi connectivity index (χ3v) is 4.75. The lowest BCUT2D eigenvalue weighted by Gasteiger charge is -2.41. The Kier molecular flexibility index (Phi) is 4.23. The van der Waals surface area contributed by atoms with Gasteiger partial charge in [0.1, 0.15) is 5.78 Å². The first-order chi connectivity index (χ1) is 8.50. The molecule has 1 heterocycles. The number of nitrogens with zero attached hydrogens (tertiary/aromatic N) is 1. The van der Waals surface area contributed by atoms with Crippen molar-refractivity contribution in [2.75, 3.05) is 6.54 Å². The lowest BCUT2D eigenvalue weighted by Crippen LogP contribution is -2.47. The molecule has 98 valence electrons. The van der Waals surface area contributed by atoms with Crippen LogP contribution in [0.1, 0.15) is 38.8 Å². The van der Waals surface area contributed by atoms with E-state index in [2.05, 4.69) is 58.9 Å². The smallest absolute Gasteiger partial charge is 0.138 e. The van der Waals surface area contributed by atoms with E-state index in [9.17, 15) is 4.79 Å². The molecular weight excluding hydrogens is 290 g/mol. The number of halogens is 1. The largest absolute Gasteiger partial charge is 0.299 e. The Bertz CT molecular complexity index is 429. The zero-order chi connectivity index (χ0) is 13.3. The first kappa shape index (κ1) is 13.8. The normalized spacial score (nSPS) is 27.2. The van der Waals surface area contributed by atoms with Gasteiger partial charge in [-0.05, 0) is 31.5 Å². The SMILES string of the molecule is CC1C(=O)CCN(C(C)c2ccc(Br)cc2)C1C. The average Bonchev–Trinajstić information content (AvgIpc) is 2.36. The molecular formula is C15H20BrNO. The first-order valence-corrected chi connectivity index (χ1v) is 7.34. The van der Waals surface area contributed by atoms with Crippen LogP contribution in [0.3, 0.4) is 0 Å². The Morgan fingerprint density at radius 3 is 2.50 bits per heavy atom. The van der Waals surface area contributed by atoms with Crippen molar-refractivity contribution >= 4 is 21.7 Å². The van der Waals surface area contributed by atoms with Gasteiger partial charge < -0.3 is 0 Å². The first-order valence-electron chi connectivity index (χ1n) is 6.54. The molecule has 1 saturated heterocycles. The molecule has 0 amide bonds. The summed E-state index contributed by atoms with van der Waals surface area (Å²) >= 11 is 3.46. The van der Waals surface area contributed by atoms with Crippen LogP contribution in [-0.4, -0.2) is 23.3 Å². The molecule has 2 nitrogen and oxygen atoms in total. The molecule has 18 heavy (non-hydrogen) atoms. The molecule has 0 N–H and O–H groups in total. The Hall–Kier alpha value is -0.670. The van der Waals surface area contributed by atoms with Crippen molar-refractivity contribution in [3.8, 4) is 0 Å². The standard InChI is InChI=1S/C15H20BrNO/c1-10-11(2)17(9-8-15(10)18)12(3)13-4-6-14(16)7-5-13/h4-7,10-12H,8-9H2,1-3H3. The fourth-order valence-electron chi connectivity index (χ4n) is 2.71. The van der Waals surface area contributed by atoms with Crippen LogP contribution in [0, 0.1) is 5.92 Å². The summed E-state index contributed by atoms with van der Waals surface area (Å²) in [7, 11) is 0. The van der Waals surface area contributed by atoms with Crippen LogP contribution in [-0.2, 0) is 4.79 Å². The third kappa shape index (κ3) is 2.67. The van der Waals surface area contributed by atoms with Gasteiger partial charge in [0.25, 0.3) is 0 Å². The highest BCUT2D eigenvalue weighted by Gasteiger charge is 2.33. The van der Waals surface area contributed by atoms with E-state index >= 15 is 0 Å². The van der Waals surface area contributed by atoms with Crippen LogP contribution in [0.25, 0.3) is 0 Å². The maximum Gasteiger partial charge on any atom is 0.138 e. The molecule has 0 radical (unpaired) electrons. The maximum atomic E-state index is 11.7. The van der Waals surface area contributed by atoms with Gasteiger partial charge in [-0.1, -0.05) is 35.0 Å². The van der Waals surface area contributed by atoms with Gasteiger partial charge in [0, 0.05) is 35.4 Å². The number of hydrogen-bond acceptors (Lipinski definition) is 2. The monoisotopic (exact) mass is 309 g/mol. The summed E-state index contributed by atoms with van der Waals surface area (Å²) in [5.41, 5.74) is 1.31. The molecule has 1 aliphatic rings. The fourth-order valence-corrected chi connectivity index (χ4v) is 2.97. The van der Waals surface area contributed by atoms with Gasteiger partial charge in [0.05, 0.1) is 0 Å². The topological polar surface area (TPSA) is 20.3 Å². The van der Waals surface area contributed by atoms with E-state index in [1.54, 1.807) is 0 Å². The molecule has 3 heteroatoms. The molecule has 0 aromatic heterocycles. The van der Waals surface area contributed by atoms with E-state index in [1.807, 2.05) is 6.92 Å². The van der Waals surface area contributed by atoms with Crippen LogP contribution in [0.5, 0.6) is 0 Å². The minimum Gasteiger partial charge on any atom is -0.299 e. The molecule has 0 bridgehead atoms. The number of carbonyl (C=O) groups is 1. The van der Waals surface area contributed by atoms with Gasteiger partial charge in [-0.3, -0.25) is 9.69 Å². The molecule has 0 aliphatic carbocycles. The van der Waals surface area contributed by atoms with Crippen molar-refractivity contribution in [3.05, 3.63) is 34.3 Å². The van der Waals surface area contributed by atoms with Crippen LogP contribution < -0.4 is 0 Å². The Balaban J connectivity index is 2.16. The molecule has 1 aliphatic heterocycles. The summed E-state index contributed by atoms with van der Waals surface area (Å²) in [5.74, 6) is 0.554. The number of rotatable bonds is 2. The van der Waals surface area contributed by atoms with Gasteiger partial charge in [0.15, 0.2) is 0 Å². The maximum absolute atomic E-state index is 11.7. The Labute approximate surface area is 117 Å². The number of benzene rings is 1. The summed E-state index contributed by atoms with van der Waals surface area (Å²) in [6, 6.07) is 9.16. The number of ketones is 1. The van der Waals surface area contributed by atoms with Crippen LogP contribution in [0.4, 0.5) is 0 Å². The fraction of sp³-hybridized carbons (Fsp3) is 0.533. The van der Waals surface area contributed by atoms with Gasteiger partial charge in [-0.15, -0.1) is 0 Å². The lowest BCUT2D eigenvalue weighted by atomic mass is 9.88. The second-order valence-corrected chi connectivity index (χ2v) is 6.13. The van der Waals surface area contributed by atoms with Gasteiger partial charge in [0.2, 0.25) is 0 Å². The van der Waals surface area contributed by atoms with Crippen molar-refractivity contribution in [1.29, 1.82) is 0 Å². The van der Waals surface area contributed by atoms with Crippen LogP contribution >= 0.6 is 15.9 Å². The molecule has 0 saturated carbocycles. The molecule has 2 rings (SSSR count). The molecule has 0 spiro atoms. The Morgan fingerprint density at radius 1 is 1.28 bits per heavy atom. The van der Waals surface area contributed by atoms with E-state index in [1.165, 1.54) is 5.56 Å². The summed E-state index contributed by atoms with van der Waals surface area (Å²) in [4.78, 5) is 14.2. The summed E-state index contributed by atoms with van der Waals surface area (Å²) in [5, 5.41) is 0. The second kappa shape index (κ2) is 5.54. The van der Waals surface area contributed by atoms with E-state index in [0.29, 0.717) is 24.3 Å². The number of piperidine rings is 1. The zero-order valence-corrected chi connectivity index (χ0v) is 12.8. The van der Waals surface area contributed by atoms with Crippen molar-refractivity contribution in [2.45, 2.75) is 39.3 Å². The number of carbonyl (C=O) groups excluding carboxylic acids is 1. The summed E-state index contributed by atoms with van der Waals surface area (Å²) < 4.78 is 1.11. The highest BCUT2D eigenvalue weighted by atomic mass is 79.9. The van der Waals surface area contributed by atoms with E-state index in [0.717, 1.165) is 11.0 Å². The van der Waals surface area contributed by atoms with E-state index < -0.39 is 0 Å². The number of Topliss-reactive ketones (excluding diaryl/α,β-unsaturated/α-hetero) is 1. The number of likely N-dealkylation sites (tertiary alicyclic amines) is 1. The van der Waals surface area contributed by atoms with Gasteiger partial charge in [-0.25, -0.2) is 0 Å².